The third-order valence-electron chi connectivity index (χ3n) is 16.8. The Kier molecular flexibility index (Phi) is 35.6. The Labute approximate surface area is 495 Å². The lowest BCUT2D eigenvalue weighted by Crippen LogP contribution is -2.21. The lowest BCUT2D eigenvalue weighted by Gasteiger charge is -2.23. The van der Waals surface area contributed by atoms with Crippen LogP contribution < -0.4 is 0 Å². The molecule has 0 radical (unpaired) electrons. The maximum atomic E-state index is 5.39. The molecule has 0 bridgehead atoms. The van der Waals surface area contributed by atoms with E-state index in [0.717, 1.165) is 36.9 Å². The number of benzene rings is 6. The zero-order valence-corrected chi connectivity index (χ0v) is 56.6. The molecule has 444 valence electrons. The standard InChI is InChI=1S/3C10H14.2C9H12.C8H16.C8H10.2C7H14O/c2*1-7-5-8(2)10(4)9(3)6-7;1-7-5-6-8(2)10(4)9(7)3;2*1-7-4-5-8(2)9(3)6-7;2*1-7-3-5-8(2)6-4-7;2*1-6-3-4-7(2)8-5-6/h3*5-6H,1-4H3;2*4-6H,1-3H3;7-8H,3-6H2,1-2H3;3-6H,1-2H3;2*6-7H,3-5H2,1-2H3/t;;;;;;;2*6-,7+/m.......10/s1. The average Bonchev–Trinajstić information content (AvgIpc) is 3.40. The molecular weight excluding hydrogens is 969 g/mol. The monoisotopic (exact) mass is 1090 g/mol. The van der Waals surface area contributed by atoms with Crippen molar-refractivity contribution in [3.8, 4) is 0 Å². The predicted octanol–water partition coefficient (Wildman–Crippen LogP) is 22.8. The Morgan fingerprint density at radius 1 is 0.225 bits per heavy atom. The summed E-state index contributed by atoms with van der Waals surface area (Å²) in [6, 6.07) is 34.7. The van der Waals surface area contributed by atoms with Crippen LogP contribution in [0.15, 0.2) is 97.1 Å². The van der Waals surface area contributed by atoms with Crippen LogP contribution in [0.4, 0.5) is 0 Å². The molecule has 0 spiro atoms. The molecule has 0 unspecified atom stereocenters. The van der Waals surface area contributed by atoms with E-state index in [1.807, 2.05) is 0 Å². The highest BCUT2D eigenvalue weighted by atomic mass is 16.5. The first kappa shape index (κ1) is 73.3. The minimum atomic E-state index is 0.520. The molecule has 0 N–H and O–H groups in total. The second-order valence-corrected chi connectivity index (χ2v) is 25.3. The summed E-state index contributed by atoms with van der Waals surface area (Å²) in [6.07, 6.45) is 12.1. The third-order valence-corrected chi connectivity index (χ3v) is 16.8. The van der Waals surface area contributed by atoms with Gasteiger partial charge in [0.2, 0.25) is 0 Å². The first-order valence-corrected chi connectivity index (χ1v) is 30.9. The van der Waals surface area contributed by atoms with Crippen molar-refractivity contribution in [3.63, 3.8) is 0 Å². The molecule has 3 fully saturated rings. The number of rotatable bonds is 0. The van der Waals surface area contributed by atoms with Gasteiger partial charge in [-0.05, 0) is 280 Å². The second kappa shape index (κ2) is 38.9. The van der Waals surface area contributed by atoms with Gasteiger partial charge in [0.25, 0.3) is 0 Å². The number of ether oxygens (including phenoxy) is 2. The average molecular weight is 1090 g/mol. The fourth-order valence-corrected chi connectivity index (χ4v) is 9.47. The molecule has 2 heteroatoms. The van der Waals surface area contributed by atoms with Gasteiger partial charge in [-0.2, -0.15) is 0 Å². The lowest BCUT2D eigenvalue weighted by molar-refractivity contribution is 0.000174. The summed E-state index contributed by atoms with van der Waals surface area (Å²) in [4.78, 5) is 0. The molecule has 2 heterocycles. The van der Waals surface area contributed by atoms with E-state index in [9.17, 15) is 0 Å². The zero-order valence-electron chi connectivity index (χ0n) is 56.6. The van der Waals surface area contributed by atoms with E-state index in [2.05, 4.69) is 277 Å². The van der Waals surface area contributed by atoms with Gasteiger partial charge >= 0.3 is 0 Å². The van der Waals surface area contributed by atoms with E-state index in [1.54, 1.807) is 0 Å². The number of hydrogen-bond acceptors (Lipinski definition) is 2. The minimum absolute atomic E-state index is 0.520. The summed E-state index contributed by atoms with van der Waals surface area (Å²) in [5, 5.41) is 0. The SMILES string of the molecule is CC1CCC(C)CC1.C[C@@H]1CC[C@H](C)OC1.C[C@H]1CC[C@@H](C)OC1.Cc1cc(C)c(C)c(C)c1.Cc1cc(C)c(C)c(C)c1.Cc1ccc(C)c(C)c1.Cc1ccc(C)c(C)c1.Cc1ccc(C)c(C)c1C.Cc1ccc(C)cc1. The molecule has 2 aliphatic heterocycles. The molecule has 1 saturated carbocycles. The molecule has 9 rings (SSSR count). The third kappa shape index (κ3) is 31.5. The molecule has 2 nitrogen and oxygen atoms in total. The minimum Gasteiger partial charge on any atom is -0.378 e. The van der Waals surface area contributed by atoms with Gasteiger partial charge in [0, 0.05) is 13.2 Å². The topological polar surface area (TPSA) is 18.5 Å². The zero-order chi connectivity index (χ0) is 60.8. The quantitative estimate of drug-likeness (QED) is 0.151. The van der Waals surface area contributed by atoms with E-state index >= 15 is 0 Å². The fourth-order valence-electron chi connectivity index (χ4n) is 9.47. The number of aryl methyl sites for hydroxylation is 16. The molecule has 0 aromatic heterocycles. The molecule has 6 aromatic carbocycles. The van der Waals surface area contributed by atoms with Crippen LogP contribution in [-0.2, 0) is 9.47 Å². The predicted molar refractivity (Wildman–Crippen MR) is 358 cm³/mol. The Morgan fingerprint density at radius 2 is 0.463 bits per heavy atom. The molecule has 2 saturated heterocycles. The van der Waals surface area contributed by atoms with Crippen molar-refractivity contribution in [2.45, 2.75) is 244 Å². The molecule has 0 amide bonds. The van der Waals surface area contributed by atoms with Crippen LogP contribution >= 0.6 is 0 Å². The van der Waals surface area contributed by atoms with E-state index < -0.39 is 0 Å². The van der Waals surface area contributed by atoms with Gasteiger partial charge in [-0.15, -0.1) is 0 Å². The van der Waals surface area contributed by atoms with Crippen molar-refractivity contribution in [1.82, 2.24) is 0 Å². The highest BCUT2D eigenvalue weighted by molar-refractivity contribution is 5.39. The van der Waals surface area contributed by atoms with Gasteiger partial charge in [0.1, 0.15) is 0 Å². The fraction of sp³-hybridized carbons (Fsp3) is 0.538. The largest absolute Gasteiger partial charge is 0.378 e. The first-order valence-electron chi connectivity index (χ1n) is 30.9. The van der Waals surface area contributed by atoms with Crippen molar-refractivity contribution < 1.29 is 9.47 Å². The highest BCUT2D eigenvalue weighted by Gasteiger charge is 2.15. The van der Waals surface area contributed by atoms with Gasteiger partial charge < -0.3 is 9.47 Å². The maximum Gasteiger partial charge on any atom is 0.0547 e. The van der Waals surface area contributed by atoms with E-state index in [-0.39, 0.29) is 0 Å². The first-order chi connectivity index (χ1) is 37.4. The lowest BCUT2D eigenvalue weighted by atomic mass is 9.84. The Bertz CT molecular complexity index is 2360. The second-order valence-electron chi connectivity index (χ2n) is 25.3. The molecule has 4 atom stereocenters. The van der Waals surface area contributed by atoms with E-state index in [1.165, 1.54) is 163 Å². The van der Waals surface area contributed by atoms with Crippen LogP contribution in [0.5, 0.6) is 0 Å². The smallest absolute Gasteiger partial charge is 0.0547 e. The van der Waals surface area contributed by atoms with Crippen LogP contribution in [0.2, 0.25) is 0 Å². The van der Waals surface area contributed by atoms with Crippen molar-refractivity contribution in [1.29, 1.82) is 0 Å². The normalized spacial score (nSPS) is 18.8. The summed E-state index contributed by atoms with van der Waals surface area (Å²) in [7, 11) is 0. The van der Waals surface area contributed by atoms with Crippen molar-refractivity contribution >= 4 is 0 Å². The van der Waals surface area contributed by atoms with Gasteiger partial charge in [-0.1, -0.05) is 184 Å². The Hall–Kier alpha value is -4.76. The van der Waals surface area contributed by atoms with Crippen molar-refractivity contribution in [2.24, 2.45) is 23.7 Å². The molecule has 6 aromatic rings. The summed E-state index contributed by atoms with van der Waals surface area (Å²) in [6.45, 7) is 58.4. The van der Waals surface area contributed by atoms with Crippen LogP contribution in [0.25, 0.3) is 0 Å². The maximum absolute atomic E-state index is 5.39. The van der Waals surface area contributed by atoms with Gasteiger partial charge in [-0.3, -0.25) is 0 Å². The Balaban J connectivity index is 0.000000451. The molecule has 1 aliphatic carbocycles. The molecule has 80 heavy (non-hydrogen) atoms. The summed E-state index contributed by atoms with van der Waals surface area (Å²) in [5.74, 6) is 3.63. The van der Waals surface area contributed by atoms with Crippen LogP contribution in [0.3, 0.4) is 0 Å². The van der Waals surface area contributed by atoms with Gasteiger partial charge in [0.15, 0.2) is 0 Å². The highest BCUT2D eigenvalue weighted by Crippen LogP contribution is 2.27. The van der Waals surface area contributed by atoms with Crippen molar-refractivity contribution in [3.05, 3.63) is 208 Å². The van der Waals surface area contributed by atoms with Gasteiger partial charge in [-0.25, -0.2) is 0 Å². The molecular formula is C78H120O2. The van der Waals surface area contributed by atoms with Crippen LogP contribution in [0, 0.1) is 162 Å². The van der Waals surface area contributed by atoms with Crippen LogP contribution in [0.1, 0.15) is 204 Å². The van der Waals surface area contributed by atoms with E-state index in [4.69, 9.17) is 9.47 Å². The molecule has 3 aliphatic rings. The van der Waals surface area contributed by atoms with Crippen LogP contribution in [-0.4, -0.2) is 25.4 Å². The summed E-state index contributed by atoms with van der Waals surface area (Å²) in [5.41, 5.74) is 27.7. The Morgan fingerprint density at radius 3 is 0.688 bits per heavy atom. The van der Waals surface area contributed by atoms with Gasteiger partial charge in [0.05, 0.1) is 12.2 Å². The van der Waals surface area contributed by atoms with Crippen molar-refractivity contribution in [2.75, 3.05) is 13.2 Å². The summed E-state index contributed by atoms with van der Waals surface area (Å²) >= 11 is 0. The van der Waals surface area contributed by atoms with E-state index in [0.29, 0.717) is 12.2 Å². The summed E-state index contributed by atoms with van der Waals surface area (Å²) < 4.78 is 10.8. The number of hydrogen-bond donors (Lipinski definition) is 0.